The number of esters is 2. The molecule has 0 unspecified atom stereocenters. The third kappa shape index (κ3) is 13.9. The summed E-state index contributed by atoms with van der Waals surface area (Å²) in [6, 6.07) is 19.4. The summed E-state index contributed by atoms with van der Waals surface area (Å²) in [5, 5.41) is 3.96. The molecule has 0 saturated carbocycles. The molecule has 1 N–H and O–H groups in total. The van der Waals surface area contributed by atoms with Crippen molar-refractivity contribution >= 4 is 85.4 Å². The lowest BCUT2D eigenvalue weighted by molar-refractivity contribution is 0.0192. The van der Waals surface area contributed by atoms with Crippen LogP contribution in [0.3, 0.4) is 0 Å². The van der Waals surface area contributed by atoms with Gasteiger partial charge in [0.15, 0.2) is 0 Å². The number of nitrogens with zero attached hydrogens (tertiary/aromatic N) is 7. The zero-order chi connectivity index (χ0) is 46.0. The van der Waals surface area contributed by atoms with Gasteiger partial charge in [0.1, 0.15) is 5.60 Å². The van der Waals surface area contributed by atoms with Gasteiger partial charge in [-0.2, -0.15) is 25.4 Å². The van der Waals surface area contributed by atoms with Gasteiger partial charge in [0, 0.05) is 74.8 Å². The van der Waals surface area contributed by atoms with Crippen molar-refractivity contribution in [1.29, 1.82) is 0 Å². The van der Waals surface area contributed by atoms with E-state index in [1.165, 1.54) is 54.8 Å². The number of benzene rings is 2. The summed E-state index contributed by atoms with van der Waals surface area (Å²) in [6.45, 7) is 7.81. The summed E-state index contributed by atoms with van der Waals surface area (Å²) in [7, 11) is -5.24. The van der Waals surface area contributed by atoms with Gasteiger partial charge in [-0.3, -0.25) is 18.6 Å². The SMILES string of the molecule is COC(=O)c1ccc(CN(c2cccc(Cl)c2)S(=O)(=O)N2CCN(C(=O)OC(C)(C)C)CC2)nc1.COC(=O)c1ccc(CN(c2cccc(Cl)c2)S(=O)(=O)N2CCNCC2)nc1.Cl. The van der Waals surface area contributed by atoms with Crippen LogP contribution < -0.4 is 13.9 Å². The lowest BCUT2D eigenvalue weighted by Gasteiger charge is -2.37. The lowest BCUT2D eigenvalue weighted by Crippen LogP contribution is -2.54. The average Bonchev–Trinajstić information content (AvgIpc) is 3.27. The van der Waals surface area contributed by atoms with Crippen molar-refractivity contribution in [3.05, 3.63) is 118 Å². The number of hydrogen-bond donors (Lipinski definition) is 1. The third-order valence-electron chi connectivity index (χ3n) is 9.47. The molecule has 23 heteroatoms. The van der Waals surface area contributed by atoms with Gasteiger partial charge in [-0.1, -0.05) is 35.3 Å². The molecular weight excluding hydrogens is 935 g/mol. The molecule has 0 atom stereocenters. The molecule has 2 aliphatic rings. The normalized spacial score (nSPS) is 14.8. The van der Waals surface area contributed by atoms with Crippen molar-refractivity contribution in [2.75, 3.05) is 75.2 Å². The molecule has 0 aliphatic carbocycles. The van der Waals surface area contributed by atoms with E-state index in [1.807, 2.05) is 0 Å². The highest BCUT2D eigenvalue weighted by molar-refractivity contribution is 7.90. The number of carbonyl (C=O) groups excluding carboxylic acids is 3. The molecule has 0 radical (unpaired) electrons. The Morgan fingerprint density at radius 2 is 1.09 bits per heavy atom. The minimum absolute atomic E-state index is 0. The number of pyridine rings is 2. The van der Waals surface area contributed by atoms with Gasteiger partial charge in [0.25, 0.3) is 0 Å². The molecule has 2 aromatic heterocycles. The van der Waals surface area contributed by atoms with Crippen molar-refractivity contribution in [2.45, 2.75) is 39.5 Å². The van der Waals surface area contributed by atoms with Gasteiger partial charge in [0.05, 0.1) is 61.2 Å². The molecule has 2 fully saturated rings. The molecular formula is C41H51Cl3N8O10S2. The maximum Gasteiger partial charge on any atom is 0.410 e. The number of rotatable bonds is 12. The van der Waals surface area contributed by atoms with Crippen LogP contribution in [0.2, 0.25) is 10.0 Å². The van der Waals surface area contributed by atoms with Gasteiger partial charge in [-0.05, 0) is 81.4 Å². The first-order valence-electron chi connectivity index (χ1n) is 19.6. The first-order valence-corrected chi connectivity index (χ1v) is 23.2. The van der Waals surface area contributed by atoms with Gasteiger partial charge >= 0.3 is 38.5 Å². The van der Waals surface area contributed by atoms with Crippen molar-refractivity contribution in [1.82, 2.24) is 28.8 Å². The smallest absolute Gasteiger partial charge is 0.410 e. The van der Waals surface area contributed by atoms with E-state index in [0.717, 1.165) is 0 Å². The lowest BCUT2D eigenvalue weighted by atomic mass is 10.2. The van der Waals surface area contributed by atoms with Crippen LogP contribution in [0.4, 0.5) is 16.2 Å². The molecule has 0 bridgehead atoms. The zero-order valence-electron chi connectivity index (χ0n) is 35.8. The Kier molecular flexibility index (Phi) is 18.5. The fourth-order valence-electron chi connectivity index (χ4n) is 6.26. The van der Waals surface area contributed by atoms with Crippen LogP contribution in [0.25, 0.3) is 0 Å². The molecule has 348 valence electrons. The van der Waals surface area contributed by atoms with E-state index in [4.69, 9.17) is 27.9 Å². The topological polar surface area (TPSA) is 201 Å². The predicted octanol–water partition coefficient (Wildman–Crippen LogP) is 5.43. The second kappa shape index (κ2) is 22.9. The largest absolute Gasteiger partial charge is 0.465 e. The van der Waals surface area contributed by atoms with Crippen molar-refractivity contribution in [3.8, 4) is 0 Å². The first-order chi connectivity index (χ1) is 29.8. The Hall–Kier alpha value is -4.80. The molecule has 2 saturated heterocycles. The number of nitrogens with one attached hydrogen (secondary N) is 1. The number of piperazine rings is 2. The maximum atomic E-state index is 13.7. The average molecular weight is 986 g/mol. The molecule has 2 aliphatic heterocycles. The van der Waals surface area contributed by atoms with Crippen LogP contribution in [0.5, 0.6) is 0 Å². The summed E-state index contributed by atoms with van der Waals surface area (Å²) in [4.78, 5) is 45.6. The number of anilines is 2. The van der Waals surface area contributed by atoms with Crippen LogP contribution in [-0.2, 0) is 47.7 Å². The molecule has 18 nitrogen and oxygen atoms in total. The van der Waals surface area contributed by atoms with Crippen molar-refractivity contribution in [3.63, 3.8) is 0 Å². The minimum atomic E-state index is -4.01. The van der Waals surface area contributed by atoms with Gasteiger partial charge < -0.3 is 24.4 Å². The Bertz CT molecular complexity index is 2430. The van der Waals surface area contributed by atoms with E-state index >= 15 is 0 Å². The fourth-order valence-corrected chi connectivity index (χ4v) is 9.81. The van der Waals surface area contributed by atoms with Gasteiger partial charge in [0.2, 0.25) is 0 Å². The first kappa shape index (κ1) is 51.8. The summed E-state index contributed by atoms with van der Waals surface area (Å²) in [5.41, 5.74) is 1.65. The number of carbonyl (C=O) groups is 3. The quantitative estimate of drug-likeness (QED) is 0.139. The molecule has 6 rings (SSSR count). The van der Waals surface area contributed by atoms with E-state index in [2.05, 4.69) is 24.8 Å². The zero-order valence-corrected chi connectivity index (χ0v) is 39.8. The van der Waals surface area contributed by atoms with Crippen LogP contribution >= 0.6 is 35.6 Å². The predicted molar refractivity (Wildman–Crippen MR) is 245 cm³/mol. The highest BCUT2D eigenvalue weighted by Gasteiger charge is 2.36. The van der Waals surface area contributed by atoms with E-state index < -0.39 is 44.1 Å². The molecule has 4 heterocycles. The Labute approximate surface area is 390 Å². The van der Waals surface area contributed by atoms with Gasteiger partial charge in [-0.15, -0.1) is 12.4 Å². The molecule has 1 amide bonds. The Balaban J connectivity index is 0.000000283. The summed E-state index contributed by atoms with van der Waals surface area (Å²) in [5.74, 6) is -1.04. The van der Waals surface area contributed by atoms with Crippen LogP contribution in [0, 0.1) is 0 Å². The molecule has 0 spiro atoms. The second-order valence-electron chi connectivity index (χ2n) is 15.1. The monoisotopic (exact) mass is 984 g/mol. The Morgan fingerprint density at radius 1 is 0.672 bits per heavy atom. The van der Waals surface area contributed by atoms with Gasteiger partial charge in [-0.25, -0.2) is 14.4 Å². The molecule has 64 heavy (non-hydrogen) atoms. The van der Waals surface area contributed by atoms with E-state index in [9.17, 15) is 31.2 Å². The summed E-state index contributed by atoms with van der Waals surface area (Å²) >= 11 is 12.2. The highest BCUT2D eigenvalue weighted by atomic mass is 35.5. The molecule has 4 aromatic rings. The second-order valence-corrected chi connectivity index (χ2v) is 19.6. The third-order valence-corrected chi connectivity index (χ3v) is 13.8. The number of halogens is 3. The summed E-state index contributed by atoms with van der Waals surface area (Å²) < 4.78 is 74.0. The number of ether oxygens (including phenoxy) is 3. The minimum Gasteiger partial charge on any atom is -0.465 e. The van der Waals surface area contributed by atoms with Crippen LogP contribution in [0.15, 0.2) is 85.2 Å². The number of amides is 1. The number of methoxy groups -OCH3 is 2. The van der Waals surface area contributed by atoms with E-state index in [1.54, 1.807) is 87.5 Å². The Morgan fingerprint density at radius 3 is 1.45 bits per heavy atom. The van der Waals surface area contributed by atoms with Crippen LogP contribution in [0.1, 0.15) is 52.9 Å². The van der Waals surface area contributed by atoms with Crippen molar-refractivity contribution in [2.24, 2.45) is 0 Å². The number of hydrogen-bond acceptors (Lipinski definition) is 13. The maximum absolute atomic E-state index is 13.7. The van der Waals surface area contributed by atoms with Crippen LogP contribution in [-0.4, -0.2) is 131 Å². The standard InChI is InChI=1S/C23H29ClN4O6S.C18H21ClN4O4S.ClH/c1-23(2,3)34-22(30)26-10-12-27(13-11-26)35(31,32)28(20-7-5-6-18(24)14-20)16-19-9-8-17(15-25-19)21(29)33-4;1-27-18(24)14-5-6-16(21-12-14)13-23(17-4-2-3-15(19)11-17)28(25,26)22-9-7-20-8-10-22;/h5-9,14-15H,10-13,16H2,1-4H3;2-6,11-12,20H,7-10,13H2,1H3;1H. The van der Waals surface area contributed by atoms with E-state index in [-0.39, 0.29) is 57.2 Å². The van der Waals surface area contributed by atoms with Crippen molar-refractivity contribution < 1.29 is 45.4 Å². The fraction of sp³-hybridized carbons (Fsp3) is 0.390. The summed E-state index contributed by atoms with van der Waals surface area (Å²) in [6.07, 6.45) is 2.23. The highest BCUT2D eigenvalue weighted by Crippen LogP contribution is 2.28. The number of aromatic nitrogens is 2. The molecule has 2 aromatic carbocycles. The van der Waals surface area contributed by atoms with E-state index in [0.29, 0.717) is 64.6 Å².